The standard InChI is InChI=1S/C25H21F3N4O3S/c1-2-34-21-12-16(14-29-32-24-31-19-8-3-4-9-22(19)36-24)10-11-20(21)35-15-23(33)30-18-7-5-6-17(13-18)25(26,27)28/h3-14H,2,15H2,1H3,(H,30,33)(H,31,32)/b29-14+. The van der Waals surface area contributed by atoms with Gasteiger partial charge in [0.1, 0.15) is 0 Å². The second-order valence-electron chi connectivity index (χ2n) is 7.41. The van der Waals surface area contributed by atoms with E-state index in [0.717, 1.165) is 22.3 Å². The summed E-state index contributed by atoms with van der Waals surface area (Å²) in [5.74, 6) is 0.100. The highest BCUT2D eigenvalue weighted by Gasteiger charge is 2.30. The van der Waals surface area contributed by atoms with E-state index < -0.39 is 24.3 Å². The second kappa shape index (κ2) is 11.1. The molecule has 0 fully saturated rings. The van der Waals surface area contributed by atoms with E-state index in [4.69, 9.17) is 9.47 Å². The molecule has 0 spiro atoms. The predicted octanol–water partition coefficient (Wildman–Crippen LogP) is 6.18. The van der Waals surface area contributed by atoms with Crippen molar-refractivity contribution in [1.29, 1.82) is 0 Å². The zero-order valence-corrected chi connectivity index (χ0v) is 19.8. The van der Waals surface area contributed by atoms with E-state index in [1.807, 2.05) is 24.3 Å². The van der Waals surface area contributed by atoms with E-state index in [1.165, 1.54) is 23.5 Å². The van der Waals surface area contributed by atoms with Crippen LogP contribution in [0.4, 0.5) is 24.0 Å². The fourth-order valence-electron chi connectivity index (χ4n) is 3.19. The Morgan fingerprint density at radius 2 is 1.89 bits per heavy atom. The van der Waals surface area contributed by atoms with Gasteiger partial charge in [-0.15, -0.1) is 0 Å². The number of thiazole rings is 1. The Kier molecular flexibility index (Phi) is 7.69. The first kappa shape index (κ1) is 25.0. The Balaban J connectivity index is 1.37. The fraction of sp³-hybridized carbons (Fsp3) is 0.160. The lowest BCUT2D eigenvalue weighted by atomic mass is 10.2. The van der Waals surface area contributed by atoms with Crippen LogP contribution in [-0.4, -0.2) is 30.3 Å². The largest absolute Gasteiger partial charge is 0.490 e. The lowest BCUT2D eigenvalue weighted by Gasteiger charge is -2.13. The molecule has 0 unspecified atom stereocenters. The van der Waals surface area contributed by atoms with Gasteiger partial charge in [0.25, 0.3) is 5.91 Å². The van der Waals surface area contributed by atoms with Crippen molar-refractivity contribution in [2.24, 2.45) is 5.10 Å². The van der Waals surface area contributed by atoms with Crippen LogP contribution in [0.2, 0.25) is 0 Å². The molecule has 0 aliphatic rings. The monoisotopic (exact) mass is 514 g/mol. The molecule has 11 heteroatoms. The zero-order valence-electron chi connectivity index (χ0n) is 19.0. The van der Waals surface area contributed by atoms with Crippen molar-refractivity contribution in [3.63, 3.8) is 0 Å². The zero-order chi connectivity index (χ0) is 25.5. The van der Waals surface area contributed by atoms with E-state index in [-0.39, 0.29) is 5.69 Å². The predicted molar refractivity (Wildman–Crippen MR) is 134 cm³/mol. The maximum absolute atomic E-state index is 12.9. The first-order chi connectivity index (χ1) is 17.3. The third kappa shape index (κ3) is 6.51. The molecule has 2 N–H and O–H groups in total. The molecule has 1 aromatic heterocycles. The molecule has 0 atom stereocenters. The van der Waals surface area contributed by atoms with Gasteiger partial charge in [-0.05, 0) is 61.0 Å². The molecule has 7 nitrogen and oxygen atoms in total. The van der Waals surface area contributed by atoms with Gasteiger partial charge < -0.3 is 14.8 Å². The molecule has 186 valence electrons. The van der Waals surface area contributed by atoms with Gasteiger partial charge in [0, 0.05) is 5.69 Å². The molecule has 4 rings (SSSR count). The third-order valence-corrected chi connectivity index (χ3v) is 5.71. The molecule has 4 aromatic rings. The molecule has 0 radical (unpaired) electrons. The Bertz CT molecular complexity index is 1360. The number of benzene rings is 3. The van der Waals surface area contributed by atoms with Crippen molar-refractivity contribution in [3.05, 3.63) is 77.9 Å². The molecule has 36 heavy (non-hydrogen) atoms. The average molecular weight is 515 g/mol. The van der Waals surface area contributed by atoms with Crippen molar-refractivity contribution in [2.45, 2.75) is 13.1 Å². The summed E-state index contributed by atoms with van der Waals surface area (Å²) in [4.78, 5) is 16.7. The van der Waals surface area contributed by atoms with E-state index in [2.05, 4.69) is 20.8 Å². The first-order valence-corrected chi connectivity index (χ1v) is 11.6. The number of anilines is 2. The van der Waals surface area contributed by atoms with Crippen LogP contribution in [0.15, 0.2) is 71.8 Å². The highest BCUT2D eigenvalue weighted by atomic mass is 32.1. The number of carbonyl (C=O) groups is 1. The number of halogens is 3. The molecule has 1 heterocycles. The van der Waals surface area contributed by atoms with E-state index in [1.54, 1.807) is 31.3 Å². The highest BCUT2D eigenvalue weighted by Crippen LogP contribution is 2.31. The van der Waals surface area contributed by atoms with Crippen LogP contribution in [0.5, 0.6) is 11.5 Å². The van der Waals surface area contributed by atoms with Gasteiger partial charge in [0.2, 0.25) is 5.13 Å². The SMILES string of the molecule is CCOc1cc(/C=N/Nc2nc3ccccc3s2)ccc1OCC(=O)Nc1cccc(C(F)(F)F)c1. The molecule has 0 bridgehead atoms. The molecule has 3 aromatic carbocycles. The molecule has 1 amide bonds. The van der Waals surface area contributed by atoms with Crippen LogP contribution in [0.25, 0.3) is 10.2 Å². The smallest absolute Gasteiger partial charge is 0.416 e. The van der Waals surface area contributed by atoms with Crippen LogP contribution < -0.4 is 20.2 Å². The number of fused-ring (bicyclic) bond motifs is 1. The summed E-state index contributed by atoms with van der Waals surface area (Å²) in [6.07, 6.45) is -2.91. The number of nitrogens with zero attached hydrogens (tertiary/aromatic N) is 2. The highest BCUT2D eigenvalue weighted by molar-refractivity contribution is 7.22. The number of nitrogens with one attached hydrogen (secondary N) is 2. The van der Waals surface area contributed by atoms with E-state index in [0.29, 0.717) is 28.8 Å². The van der Waals surface area contributed by atoms with E-state index in [9.17, 15) is 18.0 Å². The minimum absolute atomic E-state index is 0.0237. The Morgan fingerprint density at radius 3 is 2.67 bits per heavy atom. The molecular weight excluding hydrogens is 493 g/mol. The lowest BCUT2D eigenvalue weighted by molar-refractivity contribution is -0.137. The van der Waals surface area contributed by atoms with Crippen molar-refractivity contribution in [1.82, 2.24) is 4.98 Å². The number of hydrogen-bond donors (Lipinski definition) is 2. The average Bonchev–Trinajstić information content (AvgIpc) is 3.26. The van der Waals surface area contributed by atoms with Crippen molar-refractivity contribution in [2.75, 3.05) is 24.0 Å². The summed E-state index contributed by atoms with van der Waals surface area (Å²) >= 11 is 1.48. The van der Waals surface area contributed by atoms with Crippen LogP contribution in [0.3, 0.4) is 0 Å². The van der Waals surface area contributed by atoms with Crippen LogP contribution in [0, 0.1) is 0 Å². The Hall–Kier alpha value is -4.12. The molecule has 0 saturated heterocycles. The normalized spacial score (nSPS) is 11.6. The fourth-order valence-corrected chi connectivity index (χ4v) is 4.00. The number of alkyl halides is 3. The molecule has 0 aliphatic heterocycles. The van der Waals surface area contributed by atoms with Gasteiger partial charge in [0.05, 0.1) is 28.6 Å². The summed E-state index contributed by atoms with van der Waals surface area (Å²) in [7, 11) is 0. The van der Waals surface area contributed by atoms with Gasteiger partial charge in [0.15, 0.2) is 18.1 Å². The summed E-state index contributed by atoms with van der Waals surface area (Å²) in [5.41, 5.74) is 3.68. The number of amides is 1. The van der Waals surface area contributed by atoms with Gasteiger partial charge in [-0.25, -0.2) is 4.98 Å². The quantitative estimate of drug-likeness (QED) is 0.206. The van der Waals surface area contributed by atoms with Crippen LogP contribution >= 0.6 is 11.3 Å². The summed E-state index contributed by atoms with van der Waals surface area (Å²) in [6.45, 7) is 1.75. The summed E-state index contributed by atoms with van der Waals surface area (Å²) < 4.78 is 50.8. The third-order valence-electron chi connectivity index (χ3n) is 4.77. The number of rotatable bonds is 9. The number of carbonyl (C=O) groups excluding carboxylic acids is 1. The van der Waals surface area contributed by atoms with Crippen LogP contribution in [-0.2, 0) is 11.0 Å². The maximum atomic E-state index is 12.9. The second-order valence-corrected chi connectivity index (χ2v) is 8.44. The lowest BCUT2D eigenvalue weighted by Crippen LogP contribution is -2.20. The van der Waals surface area contributed by atoms with Gasteiger partial charge in [-0.3, -0.25) is 10.2 Å². The molecular formula is C25H21F3N4O3S. The topological polar surface area (TPSA) is 84.8 Å². The van der Waals surface area contributed by atoms with E-state index >= 15 is 0 Å². The number of hydrazone groups is 1. The van der Waals surface area contributed by atoms with Gasteiger partial charge in [-0.1, -0.05) is 29.5 Å². The molecule has 0 aliphatic carbocycles. The minimum atomic E-state index is -4.50. The van der Waals surface area contributed by atoms with Gasteiger partial charge in [-0.2, -0.15) is 18.3 Å². The number of ether oxygens (including phenoxy) is 2. The van der Waals surface area contributed by atoms with Crippen molar-refractivity contribution < 1.29 is 27.4 Å². The van der Waals surface area contributed by atoms with Crippen molar-refractivity contribution >= 4 is 44.5 Å². The minimum Gasteiger partial charge on any atom is -0.490 e. The first-order valence-electron chi connectivity index (χ1n) is 10.8. The van der Waals surface area contributed by atoms with Crippen molar-refractivity contribution in [3.8, 4) is 11.5 Å². The Labute approximate surface area is 208 Å². The number of para-hydroxylation sites is 1. The summed E-state index contributed by atoms with van der Waals surface area (Å²) in [6, 6.07) is 17.2. The van der Waals surface area contributed by atoms with Gasteiger partial charge >= 0.3 is 6.18 Å². The maximum Gasteiger partial charge on any atom is 0.416 e. The summed E-state index contributed by atoms with van der Waals surface area (Å²) in [5, 5.41) is 7.27. The van der Waals surface area contributed by atoms with Crippen LogP contribution in [0.1, 0.15) is 18.1 Å². The number of aromatic nitrogens is 1. The Morgan fingerprint density at radius 1 is 1.06 bits per heavy atom. The molecule has 0 saturated carbocycles. The number of hydrogen-bond acceptors (Lipinski definition) is 7.